The quantitative estimate of drug-likeness (QED) is 0.849. The van der Waals surface area contributed by atoms with E-state index in [0.29, 0.717) is 13.1 Å². The number of imidazole rings is 1. The Kier molecular flexibility index (Phi) is 3.85. The van der Waals surface area contributed by atoms with Gasteiger partial charge in [-0.3, -0.25) is 4.79 Å². The Labute approximate surface area is 113 Å². The van der Waals surface area contributed by atoms with Crippen LogP contribution in [0.15, 0.2) is 30.6 Å². The van der Waals surface area contributed by atoms with Crippen LogP contribution in [0.5, 0.6) is 0 Å². The minimum Gasteiger partial charge on any atom is -0.359 e. The number of carbonyl (C=O) groups is 1. The van der Waals surface area contributed by atoms with Gasteiger partial charge in [0.2, 0.25) is 5.91 Å². The van der Waals surface area contributed by atoms with E-state index in [4.69, 9.17) is 0 Å². The number of nitrogens with zero attached hydrogens (tertiary/aromatic N) is 2. The van der Waals surface area contributed by atoms with Gasteiger partial charge in [0.15, 0.2) is 0 Å². The molecule has 5 nitrogen and oxygen atoms in total. The van der Waals surface area contributed by atoms with E-state index < -0.39 is 5.41 Å². The molecule has 2 N–H and O–H groups in total. The summed E-state index contributed by atoms with van der Waals surface area (Å²) in [5.41, 5.74) is 1.48. The highest BCUT2D eigenvalue weighted by Gasteiger charge is 2.25. The summed E-state index contributed by atoms with van der Waals surface area (Å²) in [4.78, 5) is 16.1. The molecular weight excluding hydrogens is 240 g/mol. The molecule has 102 valence electrons. The number of rotatable bonds is 5. The molecule has 0 aliphatic carbocycles. The highest BCUT2D eigenvalue weighted by atomic mass is 16.2. The van der Waals surface area contributed by atoms with E-state index in [-0.39, 0.29) is 5.91 Å². The van der Waals surface area contributed by atoms with Crippen LogP contribution in [0.25, 0.3) is 5.65 Å². The third kappa shape index (κ3) is 3.12. The van der Waals surface area contributed by atoms with Gasteiger partial charge in [0.05, 0.1) is 11.1 Å². The number of hydrogen-bond acceptors (Lipinski definition) is 3. The van der Waals surface area contributed by atoms with Gasteiger partial charge in [-0.1, -0.05) is 6.07 Å². The summed E-state index contributed by atoms with van der Waals surface area (Å²) in [7, 11) is 1.66. The zero-order valence-electron chi connectivity index (χ0n) is 11.6. The Hall–Kier alpha value is -1.88. The van der Waals surface area contributed by atoms with Crippen LogP contribution in [0.4, 0.5) is 0 Å². The van der Waals surface area contributed by atoms with Crippen molar-refractivity contribution in [2.24, 2.45) is 5.41 Å². The summed E-state index contributed by atoms with van der Waals surface area (Å²) < 4.78 is 1.99. The molecule has 0 spiro atoms. The van der Waals surface area contributed by atoms with E-state index in [2.05, 4.69) is 15.6 Å². The molecule has 2 heterocycles. The summed E-state index contributed by atoms with van der Waals surface area (Å²) in [5.74, 6) is 0.0370. The molecule has 2 aromatic rings. The van der Waals surface area contributed by atoms with Gasteiger partial charge in [-0.05, 0) is 26.0 Å². The van der Waals surface area contributed by atoms with Crippen LogP contribution in [-0.2, 0) is 11.3 Å². The van der Waals surface area contributed by atoms with Crippen LogP contribution in [0.1, 0.15) is 19.5 Å². The number of hydrogen-bond donors (Lipinski definition) is 2. The fourth-order valence-electron chi connectivity index (χ4n) is 1.99. The van der Waals surface area contributed by atoms with Gasteiger partial charge < -0.3 is 15.0 Å². The lowest BCUT2D eigenvalue weighted by atomic mass is 9.92. The van der Waals surface area contributed by atoms with E-state index in [9.17, 15) is 4.79 Å². The first-order chi connectivity index (χ1) is 9.03. The van der Waals surface area contributed by atoms with Gasteiger partial charge in [-0.25, -0.2) is 4.98 Å². The number of amides is 1. The van der Waals surface area contributed by atoms with Crippen LogP contribution in [0, 0.1) is 5.41 Å². The van der Waals surface area contributed by atoms with E-state index in [1.165, 1.54) is 0 Å². The topological polar surface area (TPSA) is 58.4 Å². The van der Waals surface area contributed by atoms with Gasteiger partial charge in [-0.15, -0.1) is 0 Å². The molecule has 5 heteroatoms. The SMILES string of the molecule is CNC(=O)C(C)(C)CNCc1cn2ccccc2n1. The molecule has 0 saturated carbocycles. The second kappa shape index (κ2) is 5.40. The number of carbonyl (C=O) groups excluding carboxylic acids is 1. The Morgan fingerprint density at radius 2 is 2.21 bits per heavy atom. The van der Waals surface area contributed by atoms with Crippen LogP contribution in [0.3, 0.4) is 0 Å². The second-order valence-electron chi connectivity index (χ2n) is 5.26. The first-order valence-electron chi connectivity index (χ1n) is 6.38. The van der Waals surface area contributed by atoms with E-state index in [1.54, 1.807) is 7.05 Å². The highest BCUT2D eigenvalue weighted by Crippen LogP contribution is 2.13. The average molecular weight is 260 g/mol. The van der Waals surface area contributed by atoms with E-state index in [0.717, 1.165) is 11.3 Å². The first-order valence-corrected chi connectivity index (χ1v) is 6.38. The molecule has 0 radical (unpaired) electrons. The Morgan fingerprint density at radius 3 is 2.89 bits per heavy atom. The molecule has 19 heavy (non-hydrogen) atoms. The predicted octanol–water partition coefficient (Wildman–Crippen LogP) is 1.20. The van der Waals surface area contributed by atoms with E-state index in [1.807, 2.05) is 48.8 Å². The normalized spacial score (nSPS) is 11.7. The third-order valence-electron chi connectivity index (χ3n) is 3.13. The largest absolute Gasteiger partial charge is 0.359 e. The fraction of sp³-hybridized carbons (Fsp3) is 0.429. The summed E-state index contributed by atoms with van der Waals surface area (Å²) in [6.45, 7) is 5.10. The van der Waals surface area contributed by atoms with Crippen molar-refractivity contribution >= 4 is 11.6 Å². The Bertz CT molecular complexity index is 541. The van der Waals surface area contributed by atoms with Gasteiger partial charge in [0, 0.05) is 32.5 Å². The van der Waals surface area contributed by atoms with Gasteiger partial charge in [-0.2, -0.15) is 0 Å². The van der Waals surface area contributed by atoms with Crippen molar-refractivity contribution in [3.63, 3.8) is 0 Å². The maximum absolute atomic E-state index is 11.6. The standard InChI is InChI=1S/C14H20N4O/c1-14(2,13(19)15-3)10-16-8-11-9-18-7-5-4-6-12(18)17-11/h4-7,9,16H,8,10H2,1-3H3,(H,15,19). The van der Waals surface area contributed by atoms with Gasteiger partial charge >= 0.3 is 0 Å². The molecule has 0 unspecified atom stereocenters. The van der Waals surface area contributed by atoms with E-state index >= 15 is 0 Å². The van der Waals surface area contributed by atoms with Crippen LogP contribution < -0.4 is 10.6 Å². The zero-order chi connectivity index (χ0) is 13.9. The third-order valence-corrected chi connectivity index (χ3v) is 3.13. The summed E-state index contributed by atoms with van der Waals surface area (Å²) in [5, 5.41) is 5.96. The van der Waals surface area contributed by atoms with Crippen molar-refractivity contribution in [3.8, 4) is 0 Å². The minimum absolute atomic E-state index is 0.0370. The van der Waals surface area contributed by atoms with Crippen LogP contribution in [0.2, 0.25) is 0 Å². The summed E-state index contributed by atoms with van der Waals surface area (Å²) in [6.07, 6.45) is 3.97. The van der Waals surface area contributed by atoms with Crippen LogP contribution in [-0.4, -0.2) is 28.9 Å². The summed E-state index contributed by atoms with van der Waals surface area (Å²) in [6, 6.07) is 5.91. The molecule has 0 aliphatic heterocycles. The minimum atomic E-state index is -0.423. The molecule has 0 bridgehead atoms. The molecule has 0 aromatic carbocycles. The molecule has 0 aliphatic rings. The zero-order valence-corrected chi connectivity index (χ0v) is 11.6. The first kappa shape index (κ1) is 13.5. The number of fused-ring (bicyclic) bond motifs is 1. The van der Waals surface area contributed by atoms with Crippen molar-refractivity contribution in [3.05, 3.63) is 36.3 Å². The van der Waals surface area contributed by atoms with Crippen molar-refractivity contribution in [2.75, 3.05) is 13.6 Å². The monoisotopic (exact) mass is 260 g/mol. The van der Waals surface area contributed by atoms with Crippen molar-refractivity contribution < 1.29 is 4.79 Å². The molecule has 0 atom stereocenters. The predicted molar refractivity (Wildman–Crippen MR) is 74.7 cm³/mol. The summed E-state index contributed by atoms with van der Waals surface area (Å²) >= 11 is 0. The fourth-order valence-corrected chi connectivity index (χ4v) is 1.99. The van der Waals surface area contributed by atoms with Crippen LogP contribution >= 0.6 is 0 Å². The second-order valence-corrected chi connectivity index (χ2v) is 5.26. The van der Waals surface area contributed by atoms with Gasteiger partial charge in [0.25, 0.3) is 0 Å². The number of nitrogens with one attached hydrogen (secondary N) is 2. The smallest absolute Gasteiger partial charge is 0.226 e. The molecule has 0 saturated heterocycles. The molecule has 1 amide bonds. The molecule has 2 aromatic heterocycles. The van der Waals surface area contributed by atoms with Crippen molar-refractivity contribution in [1.82, 2.24) is 20.0 Å². The maximum atomic E-state index is 11.6. The molecule has 0 fully saturated rings. The van der Waals surface area contributed by atoms with Crippen molar-refractivity contribution in [1.29, 1.82) is 0 Å². The number of aromatic nitrogens is 2. The highest BCUT2D eigenvalue weighted by molar-refractivity contribution is 5.81. The maximum Gasteiger partial charge on any atom is 0.226 e. The van der Waals surface area contributed by atoms with Crippen molar-refractivity contribution in [2.45, 2.75) is 20.4 Å². The lowest BCUT2D eigenvalue weighted by molar-refractivity contribution is -0.128. The number of pyridine rings is 1. The Morgan fingerprint density at radius 1 is 1.42 bits per heavy atom. The Balaban J connectivity index is 1.94. The van der Waals surface area contributed by atoms with Gasteiger partial charge in [0.1, 0.15) is 5.65 Å². The average Bonchev–Trinajstić information content (AvgIpc) is 2.80. The lowest BCUT2D eigenvalue weighted by Crippen LogP contribution is -2.41. The lowest BCUT2D eigenvalue weighted by Gasteiger charge is -2.22. The molecular formula is C14H20N4O. The molecule has 2 rings (SSSR count).